The van der Waals surface area contributed by atoms with Crippen LogP contribution < -0.4 is 5.32 Å². The molecule has 1 aromatic heterocycles. The summed E-state index contributed by atoms with van der Waals surface area (Å²) in [5, 5.41) is 3.82. The molecule has 0 atom stereocenters. The summed E-state index contributed by atoms with van der Waals surface area (Å²) >= 11 is 1.84. The van der Waals surface area contributed by atoms with Crippen LogP contribution >= 0.6 is 11.3 Å². The third kappa shape index (κ3) is 4.53. The van der Waals surface area contributed by atoms with E-state index in [-0.39, 0.29) is 0 Å². The van der Waals surface area contributed by atoms with Crippen molar-refractivity contribution < 1.29 is 0 Å². The molecule has 0 amide bonds. The van der Waals surface area contributed by atoms with Gasteiger partial charge in [-0.3, -0.25) is 4.98 Å². The topological polar surface area (TPSA) is 24.9 Å². The fraction of sp³-hybridized carbons (Fsp3) is 0.833. The van der Waals surface area contributed by atoms with Gasteiger partial charge in [-0.25, -0.2) is 0 Å². The zero-order valence-electron chi connectivity index (χ0n) is 13.4. The average molecular weight is 307 g/mol. The summed E-state index contributed by atoms with van der Waals surface area (Å²) in [4.78, 5) is 5.77. The van der Waals surface area contributed by atoms with E-state index in [0.29, 0.717) is 5.41 Å². The maximum Gasteiger partial charge on any atom is 0.0794 e. The zero-order valence-corrected chi connectivity index (χ0v) is 14.3. The van der Waals surface area contributed by atoms with Crippen molar-refractivity contribution in [3.05, 3.63) is 16.6 Å². The lowest BCUT2D eigenvalue weighted by atomic mass is 9.67. The van der Waals surface area contributed by atoms with Crippen molar-refractivity contribution in [1.29, 1.82) is 0 Å². The minimum absolute atomic E-state index is 0.512. The molecule has 1 heterocycles. The highest BCUT2D eigenvalue weighted by Crippen LogP contribution is 2.43. The van der Waals surface area contributed by atoms with Gasteiger partial charge < -0.3 is 5.32 Å². The van der Waals surface area contributed by atoms with E-state index in [1.54, 1.807) is 0 Å². The second kappa shape index (κ2) is 7.23. The molecule has 0 aliphatic heterocycles. The van der Waals surface area contributed by atoms with E-state index in [2.05, 4.69) is 23.4 Å². The molecule has 2 nitrogen and oxygen atoms in total. The van der Waals surface area contributed by atoms with Crippen molar-refractivity contribution in [2.45, 2.75) is 77.2 Å². The first-order chi connectivity index (χ1) is 10.3. The first-order valence-corrected chi connectivity index (χ1v) is 9.78. The molecule has 1 aromatic rings. The second-order valence-electron chi connectivity index (χ2n) is 7.39. The van der Waals surface area contributed by atoms with E-state index >= 15 is 0 Å². The molecule has 0 unspecified atom stereocenters. The molecule has 1 N–H and O–H groups in total. The number of thiazole rings is 1. The Morgan fingerprint density at radius 1 is 1.29 bits per heavy atom. The molecule has 2 aliphatic rings. The van der Waals surface area contributed by atoms with E-state index in [9.17, 15) is 0 Å². The van der Waals surface area contributed by atoms with Gasteiger partial charge in [0.15, 0.2) is 0 Å². The number of nitrogens with one attached hydrogen (secondary N) is 1. The van der Waals surface area contributed by atoms with Gasteiger partial charge in [-0.15, -0.1) is 11.3 Å². The van der Waals surface area contributed by atoms with Crippen molar-refractivity contribution in [3.63, 3.8) is 0 Å². The summed E-state index contributed by atoms with van der Waals surface area (Å²) in [7, 11) is 0. The molecular weight excluding hydrogens is 276 g/mol. The van der Waals surface area contributed by atoms with Crippen LogP contribution in [0.5, 0.6) is 0 Å². The Hall–Kier alpha value is -0.410. The van der Waals surface area contributed by atoms with Crippen molar-refractivity contribution in [2.24, 2.45) is 11.3 Å². The molecule has 0 spiro atoms. The predicted octanol–water partition coefficient (Wildman–Crippen LogP) is 4.80. The molecule has 3 heteroatoms. The summed E-state index contributed by atoms with van der Waals surface area (Å²) in [5.41, 5.74) is 2.50. The Morgan fingerprint density at radius 3 is 2.71 bits per heavy atom. The lowest BCUT2D eigenvalue weighted by Gasteiger charge is -2.40. The van der Waals surface area contributed by atoms with Crippen LogP contribution in [0.3, 0.4) is 0 Å². The highest BCUT2D eigenvalue weighted by atomic mass is 32.1. The largest absolute Gasteiger partial charge is 0.313 e. The standard InChI is InChI=1S/C18H30N2S/c1-2-3-4-15-7-9-18(10-8-15,13-20-16-5-6-16)11-17-12-19-14-21-17/h12,14-16,20H,2-11,13H2,1H3. The first-order valence-electron chi connectivity index (χ1n) is 8.90. The van der Waals surface area contributed by atoms with Crippen LogP contribution in [0.2, 0.25) is 0 Å². The third-order valence-electron chi connectivity index (χ3n) is 5.51. The molecule has 0 saturated heterocycles. The predicted molar refractivity (Wildman–Crippen MR) is 90.8 cm³/mol. The Kier molecular flexibility index (Phi) is 5.33. The lowest BCUT2D eigenvalue weighted by Crippen LogP contribution is -2.40. The zero-order chi connectivity index (χ0) is 14.5. The molecule has 2 saturated carbocycles. The number of hydrogen-bond donors (Lipinski definition) is 1. The molecule has 2 aliphatic carbocycles. The van der Waals surface area contributed by atoms with Gasteiger partial charge in [-0.2, -0.15) is 0 Å². The van der Waals surface area contributed by atoms with E-state index in [1.165, 1.54) is 75.6 Å². The minimum Gasteiger partial charge on any atom is -0.313 e. The normalized spacial score (nSPS) is 29.7. The Bertz CT molecular complexity index is 403. The van der Waals surface area contributed by atoms with Crippen molar-refractivity contribution >= 4 is 11.3 Å². The van der Waals surface area contributed by atoms with Crippen LogP contribution in [-0.4, -0.2) is 17.6 Å². The van der Waals surface area contributed by atoms with Gasteiger partial charge >= 0.3 is 0 Å². The maximum absolute atomic E-state index is 4.28. The number of aromatic nitrogens is 1. The monoisotopic (exact) mass is 306 g/mol. The molecular formula is C18H30N2S. The van der Waals surface area contributed by atoms with Gasteiger partial charge in [-0.05, 0) is 56.3 Å². The molecule has 118 valence electrons. The Labute approximate surface area is 133 Å². The third-order valence-corrected chi connectivity index (χ3v) is 6.29. The number of unbranched alkanes of at least 4 members (excludes halogenated alkanes) is 1. The smallest absolute Gasteiger partial charge is 0.0794 e. The molecule has 0 aromatic carbocycles. The molecule has 3 rings (SSSR count). The quantitative estimate of drug-likeness (QED) is 0.746. The molecule has 0 radical (unpaired) electrons. The summed E-state index contributed by atoms with van der Waals surface area (Å²) in [6.45, 7) is 3.55. The fourth-order valence-corrected chi connectivity index (χ4v) is 4.60. The number of rotatable bonds is 8. The van der Waals surface area contributed by atoms with Crippen LogP contribution in [0, 0.1) is 11.3 Å². The highest BCUT2D eigenvalue weighted by molar-refractivity contribution is 7.09. The fourth-order valence-electron chi connectivity index (χ4n) is 3.83. The summed E-state index contributed by atoms with van der Waals surface area (Å²) in [5.74, 6) is 1.00. The minimum atomic E-state index is 0.512. The molecule has 21 heavy (non-hydrogen) atoms. The Morgan fingerprint density at radius 2 is 2.10 bits per heavy atom. The van der Waals surface area contributed by atoms with Gasteiger partial charge in [0.05, 0.1) is 5.51 Å². The number of nitrogens with zero attached hydrogens (tertiary/aromatic N) is 1. The number of hydrogen-bond acceptors (Lipinski definition) is 3. The van der Waals surface area contributed by atoms with Crippen LogP contribution in [-0.2, 0) is 6.42 Å². The Balaban J connectivity index is 1.57. The summed E-state index contributed by atoms with van der Waals surface area (Å²) in [6, 6.07) is 0.834. The SMILES string of the molecule is CCCCC1CCC(CNC2CC2)(Cc2cncs2)CC1. The molecule has 2 fully saturated rings. The van der Waals surface area contributed by atoms with Crippen molar-refractivity contribution in [3.8, 4) is 0 Å². The van der Waals surface area contributed by atoms with Gasteiger partial charge in [0, 0.05) is 23.7 Å². The second-order valence-corrected chi connectivity index (χ2v) is 8.36. The summed E-state index contributed by atoms with van der Waals surface area (Å²) in [6.07, 6.45) is 16.1. The van der Waals surface area contributed by atoms with E-state index < -0.39 is 0 Å². The van der Waals surface area contributed by atoms with Crippen molar-refractivity contribution in [1.82, 2.24) is 10.3 Å². The first kappa shape index (κ1) is 15.5. The van der Waals surface area contributed by atoms with E-state index in [4.69, 9.17) is 0 Å². The van der Waals surface area contributed by atoms with Crippen LogP contribution in [0.25, 0.3) is 0 Å². The van der Waals surface area contributed by atoms with E-state index in [1.807, 2.05) is 16.8 Å². The van der Waals surface area contributed by atoms with Crippen LogP contribution in [0.15, 0.2) is 11.7 Å². The highest BCUT2D eigenvalue weighted by Gasteiger charge is 2.36. The summed E-state index contributed by atoms with van der Waals surface area (Å²) < 4.78 is 0. The maximum atomic E-state index is 4.28. The lowest BCUT2D eigenvalue weighted by molar-refractivity contribution is 0.138. The van der Waals surface area contributed by atoms with Crippen molar-refractivity contribution in [2.75, 3.05) is 6.54 Å². The van der Waals surface area contributed by atoms with Crippen LogP contribution in [0.1, 0.15) is 69.6 Å². The van der Waals surface area contributed by atoms with Crippen LogP contribution in [0.4, 0.5) is 0 Å². The van der Waals surface area contributed by atoms with Gasteiger partial charge in [0.2, 0.25) is 0 Å². The average Bonchev–Trinajstić information content (AvgIpc) is 3.21. The van der Waals surface area contributed by atoms with Gasteiger partial charge in [0.1, 0.15) is 0 Å². The van der Waals surface area contributed by atoms with Gasteiger partial charge in [0.25, 0.3) is 0 Å². The molecule has 0 bridgehead atoms. The van der Waals surface area contributed by atoms with E-state index in [0.717, 1.165) is 12.0 Å². The van der Waals surface area contributed by atoms with Gasteiger partial charge in [-0.1, -0.05) is 26.2 Å².